The summed E-state index contributed by atoms with van der Waals surface area (Å²) in [6.45, 7) is 0. The van der Waals surface area contributed by atoms with E-state index in [9.17, 15) is 9.59 Å². The second-order valence-electron chi connectivity index (χ2n) is 5.53. The van der Waals surface area contributed by atoms with Crippen molar-refractivity contribution in [2.24, 2.45) is 0 Å². The van der Waals surface area contributed by atoms with Crippen LogP contribution in [0, 0.1) is 0 Å². The Morgan fingerprint density at radius 1 is 0.792 bits per heavy atom. The van der Waals surface area contributed by atoms with Crippen LogP contribution in [0.2, 0.25) is 0 Å². The zero-order chi connectivity index (χ0) is 17.1. The number of methoxy groups -OCH3 is 2. The van der Waals surface area contributed by atoms with E-state index in [-0.39, 0.29) is 0 Å². The first-order valence-electron chi connectivity index (χ1n) is 7.74. The van der Waals surface area contributed by atoms with Crippen molar-refractivity contribution in [1.29, 1.82) is 0 Å². The molecule has 0 amide bonds. The molecule has 1 aliphatic carbocycles. The molecule has 0 saturated carbocycles. The van der Waals surface area contributed by atoms with Gasteiger partial charge in [0.25, 0.3) is 0 Å². The number of hydrogen-bond acceptors (Lipinski definition) is 4. The van der Waals surface area contributed by atoms with Gasteiger partial charge in [-0.3, -0.25) is 0 Å². The Morgan fingerprint density at radius 2 is 1.46 bits per heavy atom. The lowest BCUT2D eigenvalue weighted by atomic mass is 9.81. The standard InChI is InChI=1S/C20H18O4/c1-23-19(21)17-12-11-15-14(13-7-4-3-5-8-13)9-6-10-16(15)18(17)20(22)24-2/h3-10H,11-12H2,1-2H3. The van der Waals surface area contributed by atoms with E-state index < -0.39 is 11.9 Å². The Morgan fingerprint density at radius 3 is 2.12 bits per heavy atom. The van der Waals surface area contributed by atoms with E-state index in [4.69, 9.17) is 9.47 Å². The van der Waals surface area contributed by atoms with E-state index in [1.807, 2.05) is 48.5 Å². The molecule has 3 rings (SSSR count). The van der Waals surface area contributed by atoms with Crippen LogP contribution < -0.4 is 0 Å². The van der Waals surface area contributed by atoms with Crippen LogP contribution in [0.3, 0.4) is 0 Å². The van der Waals surface area contributed by atoms with Gasteiger partial charge in [-0.05, 0) is 35.1 Å². The van der Waals surface area contributed by atoms with Crippen LogP contribution in [0.1, 0.15) is 17.5 Å². The normalized spacial score (nSPS) is 13.2. The Hall–Kier alpha value is -2.88. The highest BCUT2D eigenvalue weighted by atomic mass is 16.5. The van der Waals surface area contributed by atoms with Gasteiger partial charge in [0.1, 0.15) is 0 Å². The molecule has 0 fully saturated rings. The lowest BCUT2D eigenvalue weighted by Crippen LogP contribution is -2.19. The predicted octanol–water partition coefficient (Wildman–Crippen LogP) is 3.40. The molecule has 4 heteroatoms. The summed E-state index contributed by atoms with van der Waals surface area (Å²) in [5.41, 5.74) is 4.63. The van der Waals surface area contributed by atoms with Crippen molar-refractivity contribution in [3.8, 4) is 11.1 Å². The van der Waals surface area contributed by atoms with E-state index in [1.54, 1.807) is 0 Å². The number of esters is 2. The Kier molecular flexibility index (Phi) is 4.47. The van der Waals surface area contributed by atoms with Gasteiger partial charge in [0.2, 0.25) is 0 Å². The predicted molar refractivity (Wildman–Crippen MR) is 91.2 cm³/mol. The average molecular weight is 322 g/mol. The molecular weight excluding hydrogens is 304 g/mol. The van der Waals surface area contributed by atoms with E-state index >= 15 is 0 Å². The van der Waals surface area contributed by atoms with Crippen LogP contribution in [0.4, 0.5) is 0 Å². The molecule has 0 unspecified atom stereocenters. The van der Waals surface area contributed by atoms with Crippen LogP contribution >= 0.6 is 0 Å². The number of fused-ring (bicyclic) bond motifs is 1. The minimum atomic E-state index is -0.512. The maximum Gasteiger partial charge on any atom is 0.339 e. The summed E-state index contributed by atoms with van der Waals surface area (Å²) >= 11 is 0. The summed E-state index contributed by atoms with van der Waals surface area (Å²) in [7, 11) is 2.64. The van der Waals surface area contributed by atoms with Crippen LogP contribution in [-0.4, -0.2) is 26.2 Å². The Balaban J connectivity index is 2.22. The fourth-order valence-electron chi connectivity index (χ4n) is 3.18. The highest BCUT2D eigenvalue weighted by Gasteiger charge is 2.30. The highest BCUT2D eigenvalue weighted by molar-refractivity contribution is 6.24. The molecule has 2 aromatic rings. The van der Waals surface area contributed by atoms with Gasteiger partial charge < -0.3 is 9.47 Å². The SMILES string of the molecule is COC(=O)C1=C(C(=O)OC)c2cccc(-c3ccccc3)c2CC1. The van der Waals surface area contributed by atoms with Crippen molar-refractivity contribution < 1.29 is 19.1 Å². The molecular formula is C20H18O4. The largest absolute Gasteiger partial charge is 0.466 e. The quantitative estimate of drug-likeness (QED) is 0.813. The summed E-state index contributed by atoms with van der Waals surface area (Å²) in [6.07, 6.45) is 1.12. The zero-order valence-electron chi connectivity index (χ0n) is 13.7. The fraction of sp³-hybridized carbons (Fsp3) is 0.200. The van der Waals surface area contributed by atoms with E-state index in [2.05, 4.69) is 0 Å². The zero-order valence-corrected chi connectivity index (χ0v) is 13.7. The molecule has 0 aromatic heterocycles. The molecule has 0 N–H and O–H groups in total. The van der Waals surface area contributed by atoms with Crippen molar-refractivity contribution in [2.45, 2.75) is 12.8 Å². The van der Waals surface area contributed by atoms with E-state index in [0.717, 1.165) is 22.3 Å². The molecule has 122 valence electrons. The van der Waals surface area contributed by atoms with Gasteiger partial charge in [-0.1, -0.05) is 48.5 Å². The third-order valence-corrected chi connectivity index (χ3v) is 4.28. The minimum Gasteiger partial charge on any atom is -0.466 e. The summed E-state index contributed by atoms with van der Waals surface area (Å²) in [4.78, 5) is 24.4. The summed E-state index contributed by atoms with van der Waals surface area (Å²) in [6, 6.07) is 15.8. The average Bonchev–Trinajstić information content (AvgIpc) is 2.66. The molecule has 24 heavy (non-hydrogen) atoms. The van der Waals surface area contributed by atoms with Gasteiger partial charge in [-0.2, -0.15) is 0 Å². The third kappa shape index (κ3) is 2.71. The molecule has 4 nitrogen and oxygen atoms in total. The monoisotopic (exact) mass is 322 g/mol. The number of carbonyl (C=O) groups is 2. The van der Waals surface area contributed by atoms with Gasteiger partial charge >= 0.3 is 11.9 Å². The molecule has 2 aromatic carbocycles. The first-order chi connectivity index (χ1) is 11.7. The second kappa shape index (κ2) is 6.71. The topological polar surface area (TPSA) is 52.6 Å². The first kappa shape index (κ1) is 16.0. The minimum absolute atomic E-state index is 0.309. The van der Waals surface area contributed by atoms with Gasteiger partial charge in [0.15, 0.2) is 0 Å². The molecule has 0 spiro atoms. The van der Waals surface area contributed by atoms with Gasteiger partial charge in [-0.25, -0.2) is 9.59 Å². The van der Waals surface area contributed by atoms with Crippen molar-refractivity contribution in [2.75, 3.05) is 14.2 Å². The third-order valence-electron chi connectivity index (χ3n) is 4.28. The Bertz CT molecular complexity index is 819. The van der Waals surface area contributed by atoms with Crippen molar-refractivity contribution in [1.82, 2.24) is 0 Å². The fourth-order valence-corrected chi connectivity index (χ4v) is 3.18. The lowest BCUT2D eigenvalue weighted by molar-refractivity contribution is -0.138. The molecule has 0 heterocycles. The first-order valence-corrected chi connectivity index (χ1v) is 7.74. The molecule has 0 bridgehead atoms. The smallest absolute Gasteiger partial charge is 0.339 e. The van der Waals surface area contributed by atoms with Gasteiger partial charge in [0, 0.05) is 0 Å². The van der Waals surface area contributed by atoms with E-state index in [1.165, 1.54) is 14.2 Å². The van der Waals surface area contributed by atoms with Crippen molar-refractivity contribution in [3.63, 3.8) is 0 Å². The summed E-state index contributed by atoms with van der Waals surface area (Å²) in [5, 5.41) is 0. The lowest BCUT2D eigenvalue weighted by Gasteiger charge is -2.23. The van der Waals surface area contributed by atoms with Gasteiger partial charge in [-0.15, -0.1) is 0 Å². The molecule has 0 atom stereocenters. The highest BCUT2D eigenvalue weighted by Crippen LogP contribution is 2.38. The molecule has 1 aliphatic rings. The maximum atomic E-state index is 12.3. The van der Waals surface area contributed by atoms with Crippen LogP contribution in [-0.2, 0) is 25.5 Å². The van der Waals surface area contributed by atoms with Crippen molar-refractivity contribution in [3.05, 3.63) is 65.2 Å². The number of ether oxygens (including phenoxy) is 2. The summed E-state index contributed by atoms with van der Waals surface area (Å²) < 4.78 is 9.75. The molecule has 0 saturated heterocycles. The van der Waals surface area contributed by atoms with Crippen LogP contribution in [0.5, 0.6) is 0 Å². The van der Waals surface area contributed by atoms with Crippen molar-refractivity contribution >= 4 is 17.5 Å². The molecule has 0 radical (unpaired) electrons. The maximum absolute atomic E-state index is 12.3. The van der Waals surface area contributed by atoms with Crippen LogP contribution in [0.15, 0.2) is 54.1 Å². The molecule has 0 aliphatic heterocycles. The number of rotatable bonds is 3. The van der Waals surface area contributed by atoms with Crippen LogP contribution in [0.25, 0.3) is 16.7 Å². The van der Waals surface area contributed by atoms with Gasteiger partial charge in [0.05, 0.1) is 25.4 Å². The number of carbonyl (C=O) groups excluding carboxylic acids is 2. The summed E-state index contributed by atoms with van der Waals surface area (Å²) in [5.74, 6) is -0.993. The number of hydrogen-bond donors (Lipinski definition) is 0. The Labute approximate surface area is 140 Å². The number of benzene rings is 2. The van der Waals surface area contributed by atoms with E-state index in [0.29, 0.717) is 24.0 Å². The second-order valence-corrected chi connectivity index (χ2v) is 5.53.